The minimum absolute atomic E-state index is 0.621. The molecule has 0 aromatic heterocycles. The summed E-state index contributed by atoms with van der Waals surface area (Å²) in [6.45, 7) is 3.31. The summed E-state index contributed by atoms with van der Waals surface area (Å²) < 4.78 is 10.8. The van der Waals surface area contributed by atoms with Gasteiger partial charge in [0.2, 0.25) is 0 Å². The van der Waals surface area contributed by atoms with Crippen LogP contribution in [0.4, 0.5) is 0 Å². The SMILES string of the molecule is CC1CC(NCCCS(C)=O)CS1. The van der Waals surface area contributed by atoms with Gasteiger partial charge in [-0.3, -0.25) is 4.21 Å². The zero-order valence-corrected chi connectivity index (χ0v) is 10.0. The van der Waals surface area contributed by atoms with Gasteiger partial charge in [-0.2, -0.15) is 11.8 Å². The van der Waals surface area contributed by atoms with E-state index in [2.05, 4.69) is 12.2 Å². The van der Waals surface area contributed by atoms with Crippen LogP contribution in [0.1, 0.15) is 19.8 Å². The quantitative estimate of drug-likeness (QED) is 0.708. The standard InChI is InChI=1S/C9H19NOS2/c1-8-6-9(7-12-8)10-4-3-5-13(2)11/h8-10H,3-7H2,1-2H3. The van der Waals surface area contributed by atoms with E-state index in [1.165, 1.54) is 12.2 Å². The van der Waals surface area contributed by atoms with Crippen LogP contribution < -0.4 is 5.32 Å². The van der Waals surface area contributed by atoms with E-state index >= 15 is 0 Å². The van der Waals surface area contributed by atoms with Crippen molar-refractivity contribution in [3.63, 3.8) is 0 Å². The monoisotopic (exact) mass is 221 g/mol. The largest absolute Gasteiger partial charge is 0.313 e. The maximum atomic E-state index is 10.8. The molecule has 0 saturated carbocycles. The first-order valence-electron chi connectivity index (χ1n) is 4.83. The van der Waals surface area contributed by atoms with E-state index in [1.54, 1.807) is 6.26 Å². The Kier molecular flexibility index (Phi) is 5.36. The Hall–Kier alpha value is 0.460. The van der Waals surface area contributed by atoms with Gasteiger partial charge >= 0.3 is 0 Å². The minimum atomic E-state index is -0.621. The number of rotatable bonds is 5. The summed E-state index contributed by atoms with van der Waals surface area (Å²) in [5.41, 5.74) is 0. The molecule has 1 fully saturated rings. The molecule has 4 heteroatoms. The lowest BCUT2D eigenvalue weighted by Gasteiger charge is -2.10. The van der Waals surface area contributed by atoms with Crippen molar-refractivity contribution in [1.29, 1.82) is 0 Å². The molecule has 0 aromatic carbocycles. The third-order valence-electron chi connectivity index (χ3n) is 2.24. The number of hydrogen-bond donors (Lipinski definition) is 1. The molecule has 3 unspecified atom stereocenters. The van der Waals surface area contributed by atoms with Gasteiger partial charge in [-0.15, -0.1) is 0 Å². The Labute approximate surface area is 87.7 Å². The first-order chi connectivity index (χ1) is 6.18. The van der Waals surface area contributed by atoms with Crippen LogP contribution in [0.5, 0.6) is 0 Å². The average molecular weight is 221 g/mol. The van der Waals surface area contributed by atoms with E-state index in [1.807, 2.05) is 11.8 Å². The molecule has 0 spiro atoms. The summed E-state index contributed by atoms with van der Waals surface area (Å²) >= 11 is 2.05. The predicted molar refractivity (Wildman–Crippen MR) is 61.9 cm³/mol. The van der Waals surface area contributed by atoms with Crippen molar-refractivity contribution in [3.05, 3.63) is 0 Å². The highest BCUT2D eigenvalue weighted by Gasteiger charge is 2.20. The fourth-order valence-electron chi connectivity index (χ4n) is 1.54. The molecule has 78 valence electrons. The van der Waals surface area contributed by atoms with Crippen LogP contribution in [-0.4, -0.2) is 39.8 Å². The summed E-state index contributed by atoms with van der Waals surface area (Å²) in [5, 5.41) is 4.33. The molecule has 1 rings (SSSR count). The minimum Gasteiger partial charge on any atom is -0.313 e. The number of nitrogens with one attached hydrogen (secondary N) is 1. The predicted octanol–water partition coefficient (Wildman–Crippen LogP) is 1.24. The Morgan fingerprint density at radius 3 is 2.92 bits per heavy atom. The highest BCUT2D eigenvalue weighted by molar-refractivity contribution is 8.00. The van der Waals surface area contributed by atoms with E-state index in [0.29, 0.717) is 6.04 Å². The molecule has 3 atom stereocenters. The Morgan fingerprint density at radius 1 is 1.62 bits per heavy atom. The zero-order chi connectivity index (χ0) is 9.68. The van der Waals surface area contributed by atoms with Gasteiger partial charge in [-0.1, -0.05) is 6.92 Å². The van der Waals surface area contributed by atoms with Gasteiger partial charge in [0.25, 0.3) is 0 Å². The molecule has 1 N–H and O–H groups in total. The van der Waals surface area contributed by atoms with E-state index in [4.69, 9.17) is 0 Å². The highest BCUT2D eigenvalue weighted by Crippen LogP contribution is 2.25. The van der Waals surface area contributed by atoms with Crippen LogP contribution >= 0.6 is 11.8 Å². The first kappa shape index (κ1) is 11.5. The Balaban J connectivity index is 1.97. The average Bonchev–Trinajstić information content (AvgIpc) is 2.45. The van der Waals surface area contributed by atoms with Crippen LogP contribution in [0.2, 0.25) is 0 Å². The zero-order valence-electron chi connectivity index (χ0n) is 8.41. The second-order valence-corrected chi connectivity index (χ2v) is 6.69. The van der Waals surface area contributed by atoms with Gasteiger partial charge in [-0.25, -0.2) is 0 Å². The maximum Gasteiger partial charge on any atom is 0.0244 e. The fourth-order valence-corrected chi connectivity index (χ4v) is 3.28. The molecule has 0 amide bonds. The maximum absolute atomic E-state index is 10.8. The van der Waals surface area contributed by atoms with Crippen molar-refractivity contribution in [2.75, 3.05) is 24.3 Å². The van der Waals surface area contributed by atoms with Gasteiger partial charge < -0.3 is 5.32 Å². The molecule has 0 aromatic rings. The van der Waals surface area contributed by atoms with Crippen LogP contribution in [0.15, 0.2) is 0 Å². The van der Waals surface area contributed by atoms with Gasteiger partial charge in [0.1, 0.15) is 0 Å². The lowest BCUT2D eigenvalue weighted by atomic mass is 10.2. The number of hydrogen-bond acceptors (Lipinski definition) is 3. The second kappa shape index (κ2) is 6.04. The van der Waals surface area contributed by atoms with Crippen molar-refractivity contribution in [2.45, 2.75) is 31.1 Å². The van der Waals surface area contributed by atoms with Crippen LogP contribution in [-0.2, 0) is 10.8 Å². The van der Waals surface area contributed by atoms with Crippen molar-refractivity contribution >= 4 is 22.6 Å². The molecule has 0 radical (unpaired) electrons. The topological polar surface area (TPSA) is 29.1 Å². The van der Waals surface area contributed by atoms with Gasteiger partial charge in [0.05, 0.1) is 0 Å². The number of thioether (sulfide) groups is 1. The molecule has 13 heavy (non-hydrogen) atoms. The van der Waals surface area contributed by atoms with Crippen LogP contribution in [0.25, 0.3) is 0 Å². The molecule has 1 heterocycles. The summed E-state index contributed by atoms with van der Waals surface area (Å²) in [4.78, 5) is 0. The van der Waals surface area contributed by atoms with Crippen LogP contribution in [0, 0.1) is 0 Å². The molecule has 1 aliphatic heterocycles. The Bertz CT molecular complexity index is 175. The molecule has 0 bridgehead atoms. The Morgan fingerprint density at radius 2 is 2.38 bits per heavy atom. The molecule has 0 aliphatic carbocycles. The summed E-state index contributed by atoms with van der Waals surface area (Å²) in [6, 6.07) is 0.699. The fraction of sp³-hybridized carbons (Fsp3) is 1.00. The van der Waals surface area contributed by atoms with Gasteiger partial charge in [0.15, 0.2) is 0 Å². The van der Waals surface area contributed by atoms with E-state index in [-0.39, 0.29) is 0 Å². The van der Waals surface area contributed by atoms with E-state index < -0.39 is 10.8 Å². The van der Waals surface area contributed by atoms with Crippen molar-refractivity contribution in [3.8, 4) is 0 Å². The van der Waals surface area contributed by atoms with Crippen molar-refractivity contribution in [2.24, 2.45) is 0 Å². The molecular formula is C9H19NOS2. The molecule has 1 saturated heterocycles. The molecule has 1 aliphatic rings. The van der Waals surface area contributed by atoms with Crippen molar-refractivity contribution < 1.29 is 4.21 Å². The smallest absolute Gasteiger partial charge is 0.0244 e. The van der Waals surface area contributed by atoms with Gasteiger partial charge in [0, 0.05) is 39.9 Å². The van der Waals surface area contributed by atoms with E-state index in [0.717, 1.165) is 24.0 Å². The van der Waals surface area contributed by atoms with E-state index in [9.17, 15) is 4.21 Å². The molecule has 2 nitrogen and oxygen atoms in total. The molecular weight excluding hydrogens is 202 g/mol. The summed E-state index contributed by atoms with van der Waals surface area (Å²) in [6.07, 6.45) is 4.10. The van der Waals surface area contributed by atoms with Crippen LogP contribution in [0.3, 0.4) is 0 Å². The third-order valence-corrected chi connectivity index (χ3v) is 4.46. The highest BCUT2D eigenvalue weighted by atomic mass is 32.2. The second-order valence-electron chi connectivity index (χ2n) is 3.66. The first-order valence-corrected chi connectivity index (χ1v) is 7.61. The lowest BCUT2D eigenvalue weighted by molar-refractivity contribution is 0.537. The van der Waals surface area contributed by atoms with Crippen molar-refractivity contribution in [1.82, 2.24) is 5.32 Å². The third kappa shape index (κ3) is 5.03. The normalized spacial score (nSPS) is 30.6. The lowest BCUT2D eigenvalue weighted by Crippen LogP contribution is -2.30. The summed E-state index contributed by atoms with van der Waals surface area (Å²) in [5.74, 6) is 2.08. The van der Waals surface area contributed by atoms with Gasteiger partial charge in [-0.05, 0) is 19.4 Å². The summed E-state index contributed by atoms with van der Waals surface area (Å²) in [7, 11) is -0.621.